The van der Waals surface area contributed by atoms with Crippen LogP contribution in [0, 0.1) is 12.7 Å². The summed E-state index contributed by atoms with van der Waals surface area (Å²) in [6, 6.07) is 6.84. The summed E-state index contributed by atoms with van der Waals surface area (Å²) in [5.74, 6) is -0.396. The summed E-state index contributed by atoms with van der Waals surface area (Å²) in [5, 5.41) is 7.77. The second kappa shape index (κ2) is 7.56. The Labute approximate surface area is 142 Å². The van der Waals surface area contributed by atoms with Crippen LogP contribution in [0.25, 0.3) is 0 Å². The lowest BCUT2D eigenvalue weighted by Crippen LogP contribution is -2.25. The Bertz CT molecular complexity index is 826. The van der Waals surface area contributed by atoms with Crippen LogP contribution in [0.3, 0.4) is 0 Å². The van der Waals surface area contributed by atoms with E-state index in [-0.39, 0.29) is 23.2 Å². The van der Waals surface area contributed by atoms with Gasteiger partial charge in [-0.2, -0.15) is 9.37 Å². The van der Waals surface area contributed by atoms with E-state index in [9.17, 15) is 4.39 Å². The summed E-state index contributed by atoms with van der Waals surface area (Å²) in [7, 11) is 1.39. The summed E-state index contributed by atoms with van der Waals surface area (Å²) in [4.78, 5) is 17.5. The van der Waals surface area contributed by atoms with Crippen LogP contribution in [-0.2, 0) is 14.4 Å². The van der Waals surface area contributed by atoms with Gasteiger partial charge < -0.3 is 19.1 Å². The van der Waals surface area contributed by atoms with Crippen molar-refractivity contribution in [3.05, 3.63) is 47.7 Å². The number of hydrogen-bond acceptors (Lipinski definition) is 8. The average molecular weight is 346 g/mol. The smallest absolute Gasteiger partial charge is 0.280 e. The minimum absolute atomic E-state index is 0.142. The van der Waals surface area contributed by atoms with Crippen LogP contribution < -0.4 is 4.74 Å². The Morgan fingerprint density at radius 1 is 1.24 bits per heavy atom. The highest BCUT2D eigenvalue weighted by Gasteiger charge is 2.23. The van der Waals surface area contributed by atoms with Gasteiger partial charge in [-0.05, 0) is 24.2 Å². The number of nitrogens with zero attached hydrogens (tertiary/aromatic N) is 4. The van der Waals surface area contributed by atoms with E-state index >= 15 is 0 Å². The fourth-order valence-corrected chi connectivity index (χ4v) is 2.08. The molecular weight excluding hydrogens is 331 g/mol. The average Bonchev–Trinajstić information content (AvgIpc) is 2.65. The second-order valence-electron chi connectivity index (χ2n) is 4.88. The second-order valence-corrected chi connectivity index (χ2v) is 4.88. The van der Waals surface area contributed by atoms with E-state index < -0.39 is 5.82 Å². The Morgan fingerprint density at radius 3 is 2.84 bits per heavy atom. The van der Waals surface area contributed by atoms with Crippen molar-refractivity contribution in [2.75, 3.05) is 20.3 Å². The maximum absolute atomic E-state index is 14.1. The number of oxime groups is 2. The van der Waals surface area contributed by atoms with Gasteiger partial charge >= 0.3 is 0 Å². The van der Waals surface area contributed by atoms with E-state index in [0.29, 0.717) is 24.5 Å². The first-order valence-electron chi connectivity index (χ1n) is 7.39. The summed E-state index contributed by atoms with van der Waals surface area (Å²) in [5.41, 5.74) is 0.912. The van der Waals surface area contributed by atoms with Crippen molar-refractivity contribution < 1.29 is 23.5 Å². The predicted molar refractivity (Wildman–Crippen MR) is 86.1 cm³/mol. The molecule has 8 nitrogen and oxygen atoms in total. The highest BCUT2D eigenvalue weighted by molar-refractivity contribution is 6.45. The molecule has 1 aromatic carbocycles. The molecule has 0 amide bonds. The summed E-state index contributed by atoms with van der Waals surface area (Å²) in [6.45, 7) is 2.19. The molecule has 2 heterocycles. The summed E-state index contributed by atoms with van der Waals surface area (Å²) < 4.78 is 25.2. The zero-order chi connectivity index (χ0) is 17.6. The van der Waals surface area contributed by atoms with Gasteiger partial charge in [0.05, 0.1) is 11.3 Å². The lowest BCUT2D eigenvalue weighted by Gasteiger charge is -2.16. The van der Waals surface area contributed by atoms with Crippen molar-refractivity contribution in [2.24, 2.45) is 10.3 Å². The third-order valence-electron chi connectivity index (χ3n) is 3.23. The molecule has 1 aromatic heterocycles. The number of halogens is 1. The van der Waals surface area contributed by atoms with Crippen molar-refractivity contribution in [3.63, 3.8) is 0 Å². The van der Waals surface area contributed by atoms with E-state index in [2.05, 4.69) is 20.3 Å². The topological polar surface area (TPSA) is 87.4 Å². The van der Waals surface area contributed by atoms with Crippen molar-refractivity contribution >= 4 is 11.6 Å². The molecule has 1 aliphatic heterocycles. The van der Waals surface area contributed by atoms with Gasteiger partial charge in [0.2, 0.25) is 5.82 Å². The van der Waals surface area contributed by atoms with Crippen LogP contribution in [0.2, 0.25) is 0 Å². The third kappa shape index (κ3) is 3.65. The molecule has 0 bridgehead atoms. The maximum atomic E-state index is 14.1. The molecule has 9 heteroatoms. The summed E-state index contributed by atoms with van der Waals surface area (Å²) >= 11 is 0. The van der Waals surface area contributed by atoms with Gasteiger partial charge in [0.25, 0.3) is 11.8 Å². The molecule has 0 spiro atoms. The van der Waals surface area contributed by atoms with Crippen LogP contribution in [-0.4, -0.2) is 41.9 Å². The number of rotatable bonds is 5. The standard InChI is InChI=1S/C16H15FN4O4/c1-10-13(17)15(19-9-18-10)25-12-6-4-3-5-11(12)14(20-22-2)16-21-24-8-7-23-16/h3-6,9H,7-8H2,1-2H3/b20-14-. The van der Waals surface area contributed by atoms with Crippen LogP contribution in [0.15, 0.2) is 40.9 Å². The van der Waals surface area contributed by atoms with Gasteiger partial charge in [-0.25, -0.2) is 4.98 Å². The van der Waals surface area contributed by atoms with E-state index in [0.717, 1.165) is 0 Å². The van der Waals surface area contributed by atoms with Crippen LogP contribution in [0.5, 0.6) is 11.6 Å². The molecular formula is C16H15FN4O4. The molecule has 0 saturated heterocycles. The minimum Gasteiger partial charge on any atom is -0.470 e. The van der Waals surface area contributed by atoms with E-state index in [1.807, 2.05) is 0 Å². The SMILES string of the molecule is CO/N=C(\C1=NOCCO1)c1ccccc1Oc1ncnc(C)c1F. The number of hydrogen-bond donors (Lipinski definition) is 0. The minimum atomic E-state index is -0.642. The maximum Gasteiger partial charge on any atom is 0.280 e. The zero-order valence-corrected chi connectivity index (χ0v) is 13.6. The van der Waals surface area contributed by atoms with Crippen LogP contribution >= 0.6 is 0 Å². The quantitative estimate of drug-likeness (QED) is 0.610. The van der Waals surface area contributed by atoms with E-state index in [1.54, 1.807) is 24.3 Å². The van der Waals surface area contributed by atoms with Crippen LogP contribution in [0.4, 0.5) is 4.39 Å². The molecule has 0 unspecified atom stereocenters. The number of benzene rings is 1. The lowest BCUT2D eigenvalue weighted by molar-refractivity contribution is 0.0672. The van der Waals surface area contributed by atoms with Gasteiger partial charge in [-0.1, -0.05) is 17.3 Å². The Balaban J connectivity index is 2.01. The molecule has 130 valence electrons. The van der Waals surface area contributed by atoms with Crippen LogP contribution in [0.1, 0.15) is 11.3 Å². The Hall–Kier alpha value is -3.23. The molecule has 0 atom stereocenters. The first kappa shape index (κ1) is 16.6. The monoisotopic (exact) mass is 346 g/mol. The first-order valence-corrected chi connectivity index (χ1v) is 7.39. The molecule has 0 fully saturated rings. The highest BCUT2D eigenvalue weighted by atomic mass is 19.1. The molecule has 2 aromatic rings. The molecule has 0 radical (unpaired) electrons. The van der Waals surface area contributed by atoms with Crippen molar-refractivity contribution in [1.82, 2.24) is 9.97 Å². The molecule has 3 rings (SSSR count). The largest absolute Gasteiger partial charge is 0.470 e. The van der Waals surface area contributed by atoms with Gasteiger partial charge in [-0.15, -0.1) is 0 Å². The van der Waals surface area contributed by atoms with E-state index in [4.69, 9.17) is 19.1 Å². The molecule has 1 aliphatic rings. The molecule has 0 N–H and O–H groups in total. The fourth-order valence-electron chi connectivity index (χ4n) is 2.08. The predicted octanol–water partition coefficient (Wildman–Crippen LogP) is 2.43. The first-order chi connectivity index (χ1) is 12.2. The van der Waals surface area contributed by atoms with E-state index in [1.165, 1.54) is 20.4 Å². The Kier molecular flexibility index (Phi) is 5.03. The lowest BCUT2D eigenvalue weighted by atomic mass is 10.1. The van der Waals surface area contributed by atoms with Gasteiger partial charge in [-0.3, -0.25) is 0 Å². The number of ether oxygens (including phenoxy) is 2. The van der Waals surface area contributed by atoms with Gasteiger partial charge in [0, 0.05) is 0 Å². The Morgan fingerprint density at radius 2 is 2.08 bits per heavy atom. The molecule has 25 heavy (non-hydrogen) atoms. The third-order valence-corrected chi connectivity index (χ3v) is 3.23. The number of aromatic nitrogens is 2. The normalized spacial score (nSPS) is 14.2. The summed E-state index contributed by atoms with van der Waals surface area (Å²) in [6.07, 6.45) is 1.22. The highest BCUT2D eigenvalue weighted by Crippen LogP contribution is 2.27. The molecule has 0 aliphatic carbocycles. The fraction of sp³-hybridized carbons (Fsp3) is 0.250. The number of aryl methyl sites for hydroxylation is 1. The number of para-hydroxylation sites is 1. The van der Waals surface area contributed by atoms with Crippen molar-refractivity contribution in [2.45, 2.75) is 6.92 Å². The molecule has 0 saturated carbocycles. The van der Waals surface area contributed by atoms with Gasteiger partial charge in [0.1, 0.15) is 25.8 Å². The van der Waals surface area contributed by atoms with Crippen molar-refractivity contribution in [3.8, 4) is 11.6 Å². The van der Waals surface area contributed by atoms with Gasteiger partial charge in [0.15, 0.2) is 12.3 Å². The zero-order valence-electron chi connectivity index (χ0n) is 13.6. The van der Waals surface area contributed by atoms with Crippen molar-refractivity contribution in [1.29, 1.82) is 0 Å².